The molecule has 2 atom stereocenters. The number of nitrogens with one attached hydrogen (secondary N) is 1. The standard InChI is InChI=1S/C14H18N2O3S/c1-7(2)12(14(17)18)19-9-4-3-5-10-8(9)6-11(20-10)13(15)16/h3-5,7,11-12H,6H2,1-2H3,(H3,15,16)(H,17,18). The second kappa shape index (κ2) is 5.75. The maximum atomic E-state index is 11.2. The molecule has 1 aromatic carbocycles. The SMILES string of the molecule is CC(C)C(Oc1cccc2c1CC(C(=N)N)S2)C(=O)O. The van der Waals surface area contributed by atoms with Crippen LogP contribution in [0.15, 0.2) is 23.1 Å². The van der Waals surface area contributed by atoms with E-state index in [2.05, 4.69) is 0 Å². The van der Waals surface area contributed by atoms with Crippen molar-refractivity contribution < 1.29 is 14.6 Å². The molecule has 2 unspecified atom stereocenters. The Balaban J connectivity index is 2.26. The molecule has 5 nitrogen and oxygen atoms in total. The molecule has 0 fully saturated rings. The topological polar surface area (TPSA) is 96.4 Å². The summed E-state index contributed by atoms with van der Waals surface area (Å²) in [5.74, 6) is -0.372. The van der Waals surface area contributed by atoms with Crippen molar-refractivity contribution in [2.24, 2.45) is 11.7 Å². The molecule has 0 saturated carbocycles. The summed E-state index contributed by atoms with van der Waals surface area (Å²) in [5, 5.41) is 16.7. The number of aliphatic carboxylic acids is 1. The van der Waals surface area contributed by atoms with Crippen LogP contribution in [0.2, 0.25) is 0 Å². The van der Waals surface area contributed by atoms with Gasteiger partial charge in [0, 0.05) is 16.4 Å². The first-order valence-corrected chi connectivity index (χ1v) is 7.30. The zero-order valence-corrected chi connectivity index (χ0v) is 12.2. The summed E-state index contributed by atoms with van der Waals surface area (Å²) in [5.41, 5.74) is 6.50. The van der Waals surface area contributed by atoms with Gasteiger partial charge in [0.05, 0.1) is 5.25 Å². The number of rotatable bonds is 5. The van der Waals surface area contributed by atoms with Gasteiger partial charge in [-0.3, -0.25) is 5.41 Å². The molecule has 1 aliphatic rings. The van der Waals surface area contributed by atoms with Crippen LogP contribution in [0.3, 0.4) is 0 Å². The minimum atomic E-state index is -0.966. The van der Waals surface area contributed by atoms with Crippen molar-refractivity contribution >= 4 is 23.6 Å². The maximum absolute atomic E-state index is 11.2. The summed E-state index contributed by atoms with van der Waals surface area (Å²) in [6.07, 6.45) is -0.265. The number of carboxylic acids is 1. The number of carboxylic acid groups (broad SMARTS) is 1. The molecule has 2 rings (SSSR count). The number of thioether (sulfide) groups is 1. The number of hydrogen-bond acceptors (Lipinski definition) is 4. The minimum absolute atomic E-state index is 0.0860. The largest absolute Gasteiger partial charge is 0.478 e. The lowest BCUT2D eigenvalue weighted by molar-refractivity contribution is -0.147. The fourth-order valence-corrected chi connectivity index (χ4v) is 3.30. The molecule has 20 heavy (non-hydrogen) atoms. The van der Waals surface area contributed by atoms with E-state index in [1.54, 1.807) is 6.07 Å². The van der Waals surface area contributed by atoms with E-state index in [0.717, 1.165) is 10.5 Å². The summed E-state index contributed by atoms with van der Waals surface area (Å²) in [6.45, 7) is 3.63. The van der Waals surface area contributed by atoms with Crippen LogP contribution >= 0.6 is 11.8 Å². The number of hydrogen-bond donors (Lipinski definition) is 3. The molecule has 1 heterocycles. The van der Waals surface area contributed by atoms with Crippen molar-refractivity contribution in [3.05, 3.63) is 23.8 Å². The first kappa shape index (κ1) is 14.7. The fraction of sp³-hybridized carbons (Fsp3) is 0.429. The van der Waals surface area contributed by atoms with Gasteiger partial charge in [-0.1, -0.05) is 19.9 Å². The van der Waals surface area contributed by atoms with Gasteiger partial charge in [0.15, 0.2) is 6.10 Å². The third-order valence-corrected chi connectivity index (χ3v) is 4.54. The van der Waals surface area contributed by atoms with Gasteiger partial charge in [-0.05, 0) is 18.6 Å². The van der Waals surface area contributed by atoms with E-state index in [4.69, 9.17) is 15.9 Å². The van der Waals surface area contributed by atoms with E-state index >= 15 is 0 Å². The van der Waals surface area contributed by atoms with E-state index in [0.29, 0.717) is 12.2 Å². The van der Waals surface area contributed by atoms with Crippen molar-refractivity contribution in [1.29, 1.82) is 5.41 Å². The van der Waals surface area contributed by atoms with E-state index in [-0.39, 0.29) is 17.0 Å². The molecule has 1 aliphatic heterocycles. The minimum Gasteiger partial charge on any atom is -0.478 e. The van der Waals surface area contributed by atoms with Crippen LogP contribution in [0.4, 0.5) is 0 Å². The molecule has 0 aromatic heterocycles. The van der Waals surface area contributed by atoms with Gasteiger partial charge in [0.2, 0.25) is 0 Å². The van der Waals surface area contributed by atoms with Crippen LogP contribution < -0.4 is 10.5 Å². The van der Waals surface area contributed by atoms with Gasteiger partial charge in [0.1, 0.15) is 11.6 Å². The van der Waals surface area contributed by atoms with Gasteiger partial charge in [0.25, 0.3) is 0 Å². The van der Waals surface area contributed by atoms with Crippen molar-refractivity contribution in [3.8, 4) is 5.75 Å². The Kier molecular flexibility index (Phi) is 4.23. The van der Waals surface area contributed by atoms with E-state index in [9.17, 15) is 9.90 Å². The average molecular weight is 294 g/mol. The number of carbonyl (C=O) groups is 1. The molecule has 0 bridgehead atoms. The predicted molar refractivity (Wildman–Crippen MR) is 78.6 cm³/mol. The number of nitrogens with two attached hydrogens (primary N) is 1. The smallest absolute Gasteiger partial charge is 0.345 e. The lowest BCUT2D eigenvalue weighted by Crippen LogP contribution is -2.32. The summed E-state index contributed by atoms with van der Waals surface area (Å²) in [7, 11) is 0. The Hall–Kier alpha value is -1.69. The highest BCUT2D eigenvalue weighted by molar-refractivity contribution is 8.01. The first-order valence-electron chi connectivity index (χ1n) is 6.42. The van der Waals surface area contributed by atoms with Crippen LogP contribution in [0.25, 0.3) is 0 Å². The van der Waals surface area contributed by atoms with Gasteiger partial charge in [-0.25, -0.2) is 4.79 Å². The van der Waals surface area contributed by atoms with E-state index < -0.39 is 12.1 Å². The Morgan fingerprint density at radius 3 is 2.80 bits per heavy atom. The highest BCUT2D eigenvalue weighted by atomic mass is 32.2. The molecule has 0 amide bonds. The number of fused-ring (bicyclic) bond motifs is 1. The van der Waals surface area contributed by atoms with Crippen LogP contribution in [0.1, 0.15) is 19.4 Å². The van der Waals surface area contributed by atoms with Crippen LogP contribution in [0.5, 0.6) is 5.75 Å². The lowest BCUT2D eigenvalue weighted by atomic mass is 10.1. The molecular weight excluding hydrogens is 276 g/mol. The van der Waals surface area contributed by atoms with E-state index in [1.807, 2.05) is 26.0 Å². The maximum Gasteiger partial charge on any atom is 0.345 e. The summed E-state index contributed by atoms with van der Waals surface area (Å²) in [6, 6.07) is 5.56. The number of amidine groups is 1. The number of benzene rings is 1. The quantitative estimate of drug-likeness (QED) is 0.571. The normalized spacial score (nSPS) is 18.6. The predicted octanol–water partition coefficient (Wildman–Crippen LogP) is 2.13. The molecule has 0 saturated heterocycles. The van der Waals surface area contributed by atoms with Gasteiger partial charge >= 0.3 is 5.97 Å². The summed E-state index contributed by atoms with van der Waals surface area (Å²) in [4.78, 5) is 12.2. The highest BCUT2D eigenvalue weighted by Crippen LogP contribution is 2.42. The Morgan fingerprint density at radius 1 is 1.55 bits per heavy atom. The summed E-state index contributed by atoms with van der Waals surface area (Å²) >= 11 is 1.53. The molecular formula is C14H18N2O3S. The van der Waals surface area contributed by atoms with Gasteiger partial charge in [-0.2, -0.15) is 0 Å². The second-order valence-corrected chi connectivity index (χ2v) is 6.36. The Bertz CT molecular complexity index is 545. The monoisotopic (exact) mass is 294 g/mol. The zero-order valence-electron chi connectivity index (χ0n) is 11.4. The lowest BCUT2D eigenvalue weighted by Gasteiger charge is -2.20. The Morgan fingerprint density at radius 2 is 2.25 bits per heavy atom. The molecule has 0 spiro atoms. The summed E-state index contributed by atoms with van der Waals surface area (Å²) < 4.78 is 5.68. The molecule has 0 radical (unpaired) electrons. The van der Waals surface area contributed by atoms with Gasteiger partial charge in [-0.15, -0.1) is 11.8 Å². The van der Waals surface area contributed by atoms with Gasteiger partial charge < -0.3 is 15.6 Å². The third-order valence-electron chi connectivity index (χ3n) is 3.20. The van der Waals surface area contributed by atoms with Crippen molar-refractivity contribution in [3.63, 3.8) is 0 Å². The zero-order chi connectivity index (χ0) is 14.9. The molecule has 108 valence electrons. The van der Waals surface area contributed by atoms with Crippen LogP contribution in [0, 0.1) is 11.3 Å². The molecule has 1 aromatic rings. The second-order valence-electron chi connectivity index (χ2n) is 5.12. The number of ether oxygens (including phenoxy) is 1. The molecule has 6 heteroatoms. The van der Waals surface area contributed by atoms with Crippen molar-refractivity contribution in [1.82, 2.24) is 0 Å². The highest BCUT2D eigenvalue weighted by Gasteiger charge is 2.30. The first-order chi connectivity index (χ1) is 9.40. The molecule has 0 aliphatic carbocycles. The molecule has 4 N–H and O–H groups in total. The Labute approximate surface area is 122 Å². The van der Waals surface area contributed by atoms with Crippen molar-refractivity contribution in [2.75, 3.05) is 0 Å². The van der Waals surface area contributed by atoms with E-state index in [1.165, 1.54) is 11.8 Å². The fourth-order valence-electron chi connectivity index (χ4n) is 2.13. The average Bonchev–Trinajstić information content (AvgIpc) is 2.79. The van der Waals surface area contributed by atoms with Crippen LogP contribution in [-0.2, 0) is 11.2 Å². The van der Waals surface area contributed by atoms with Crippen LogP contribution in [-0.4, -0.2) is 28.3 Å². The van der Waals surface area contributed by atoms with Crippen molar-refractivity contribution in [2.45, 2.75) is 36.5 Å². The third kappa shape index (κ3) is 2.90.